The smallest absolute Gasteiger partial charge is 0.124 e. The maximum atomic E-state index is 5.88. The summed E-state index contributed by atoms with van der Waals surface area (Å²) < 4.78 is 11.2. The first-order valence-corrected chi connectivity index (χ1v) is 7.14. The molecule has 0 bridgehead atoms. The molecule has 1 saturated heterocycles. The van der Waals surface area contributed by atoms with E-state index in [9.17, 15) is 0 Å². The van der Waals surface area contributed by atoms with E-state index in [0.717, 1.165) is 37.6 Å². The Hall–Kier alpha value is -0.710. The molecule has 1 aliphatic heterocycles. The van der Waals surface area contributed by atoms with Gasteiger partial charge in [0.2, 0.25) is 0 Å². The van der Waals surface area contributed by atoms with Crippen LogP contribution >= 0.6 is 11.8 Å². The van der Waals surface area contributed by atoms with Gasteiger partial charge < -0.3 is 15.2 Å². The number of hydrogen-bond acceptors (Lipinski definition) is 4. The topological polar surface area (TPSA) is 44.5 Å². The van der Waals surface area contributed by atoms with Crippen molar-refractivity contribution in [1.29, 1.82) is 0 Å². The second kappa shape index (κ2) is 6.28. The third kappa shape index (κ3) is 3.15. The molecule has 0 aromatic heterocycles. The molecule has 17 heavy (non-hydrogen) atoms. The van der Waals surface area contributed by atoms with Crippen molar-refractivity contribution in [3.8, 4) is 5.75 Å². The maximum Gasteiger partial charge on any atom is 0.124 e. The molecule has 1 heterocycles. The number of ether oxygens (including phenoxy) is 2. The van der Waals surface area contributed by atoms with Gasteiger partial charge in [0.05, 0.1) is 13.2 Å². The first-order valence-electron chi connectivity index (χ1n) is 5.91. The maximum absolute atomic E-state index is 5.88. The van der Waals surface area contributed by atoms with Crippen molar-refractivity contribution in [1.82, 2.24) is 0 Å². The monoisotopic (exact) mass is 253 g/mol. The molecule has 1 aromatic carbocycles. The highest BCUT2D eigenvalue weighted by Crippen LogP contribution is 2.29. The van der Waals surface area contributed by atoms with Gasteiger partial charge in [-0.2, -0.15) is 0 Å². The Morgan fingerprint density at radius 3 is 3.06 bits per heavy atom. The molecule has 0 spiro atoms. The predicted molar refractivity (Wildman–Crippen MR) is 70.5 cm³/mol. The van der Waals surface area contributed by atoms with Crippen LogP contribution in [0.25, 0.3) is 0 Å². The van der Waals surface area contributed by atoms with Crippen molar-refractivity contribution in [3.05, 3.63) is 23.8 Å². The van der Waals surface area contributed by atoms with Crippen LogP contribution in [0.1, 0.15) is 12.0 Å². The Morgan fingerprint density at radius 2 is 2.41 bits per heavy atom. The third-order valence-electron chi connectivity index (χ3n) is 3.01. The van der Waals surface area contributed by atoms with E-state index in [1.807, 2.05) is 12.1 Å². The lowest BCUT2D eigenvalue weighted by Crippen LogP contribution is -2.13. The van der Waals surface area contributed by atoms with Crippen LogP contribution in [0.3, 0.4) is 0 Å². The Morgan fingerprint density at radius 1 is 1.53 bits per heavy atom. The van der Waals surface area contributed by atoms with E-state index < -0.39 is 0 Å². The van der Waals surface area contributed by atoms with Crippen LogP contribution in [0.5, 0.6) is 5.75 Å². The van der Waals surface area contributed by atoms with Gasteiger partial charge in [-0.25, -0.2) is 0 Å². The molecule has 0 radical (unpaired) electrons. The van der Waals surface area contributed by atoms with Crippen molar-refractivity contribution >= 4 is 11.8 Å². The minimum absolute atomic E-state index is 0.521. The van der Waals surface area contributed by atoms with Gasteiger partial charge in [0, 0.05) is 29.5 Å². The summed E-state index contributed by atoms with van der Waals surface area (Å²) in [6.07, 6.45) is 3.16. The number of benzene rings is 1. The van der Waals surface area contributed by atoms with E-state index in [1.165, 1.54) is 4.90 Å². The zero-order valence-corrected chi connectivity index (χ0v) is 11.0. The summed E-state index contributed by atoms with van der Waals surface area (Å²) >= 11 is 1.71. The second-order valence-corrected chi connectivity index (χ2v) is 5.03. The van der Waals surface area contributed by atoms with Gasteiger partial charge in [0.15, 0.2) is 0 Å². The third-order valence-corrected chi connectivity index (χ3v) is 3.83. The Kier molecular flexibility index (Phi) is 4.71. The van der Waals surface area contributed by atoms with Crippen LogP contribution in [0, 0.1) is 5.92 Å². The lowest BCUT2D eigenvalue weighted by Gasteiger charge is -2.15. The average Bonchev–Trinajstić information content (AvgIpc) is 2.88. The summed E-state index contributed by atoms with van der Waals surface area (Å²) in [5, 5.41) is 0. The highest BCUT2D eigenvalue weighted by molar-refractivity contribution is 7.98. The molecular formula is C13H19NO2S. The van der Waals surface area contributed by atoms with Crippen LogP contribution in [0.4, 0.5) is 0 Å². The molecule has 2 N–H and O–H groups in total. The standard InChI is InChI=1S/C13H19NO2S/c1-17-13-4-2-3-12(11(13)7-14)16-9-10-5-6-15-8-10/h2-4,10H,5-9,14H2,1H3. The molecule has 1 atom stereocenters. The number of thioether (sulfide) groups is 1. The van der Waals surface area contributed by atoms with Crippen LogP contribution < -0.4 is 10.5 Å². The fraction of sp³-hybridized carbons (Fsp3) is 0.538. The van der Waals surface area contributed by atoms with E-state index in [1.54, 1.807) is 11.8 Å². The largest absolute Gasteiger partial charge is 0.493 e. The van der Waals surface area contributed by atoms with Gasteiger partial charge in [-0.15, -0.1) is 11.8 Å². The molecule has 1 aromatic rings. The summed E-state index contributed by atoms with van der Waals surface area (Å²) in [7, 11) is 0. The van der Waals surface area contributed by atoms with Crippen LogP contribution in [0.15, 0.2) is 23.1 Å². The Bertz CT molecular complexity index is 364. The molecule has 1 fully saturated rings. The normalized spacial score (nSPS) is 19.5. The zero-order valence-electron chi connectivity index (χ0n) is 10.1. The number of rotatable bonds is 5. The second-order valence-electron chi connectivity index (χ2n) is 4.18. The van der Waals surface area contributed by atoms with Gasteiger partial charge in [0.25, 0.3) is 0 Å². The molecule has 0 saturated carbocycles. The molecule has 2 rings (SSSR count). The van der Waals surface area contributed by atoms with E-state index in [0.29, 0.717) is 12.5 Å². The average molecular weight is 253 g/mol. The van der Waals surface area contributed by atoms with Gasteiger partial charge >= 0.3 is 0 Å². The summed E-state index contributed by atoms with van der Waals surface area (Å²) in [6.45, 7) is 2.93. The van der Waals surface area contributed by atoms with Crippen molar-refractivity contribution < 1.29 is 9.47 Å². The molecule has 0 aliphatic carbocycles. The van der Waals surface area contributed by atoms with E-state index >= 15 is 0 Å². The minimum atomic E-state index is 0.521. The van der Waals surface area contributed by atoms with Gasteiger partial charge in [-0.05, 0) is 24.8 Å². The first kappa shape index (κ1) is 12.7. The van der Waals surface area contributed by atoms with Crippen molar-refractivity contribution in [2.45, 2.75) is 17.9 Å². The van der Waals surface area contributed by atoms with Gasteiger partial charge in [0.1, 0.15) is 5.75 Å². The summed E-state index contributed by atoms with van der Waals surface area (Å²) in [5.74, 6) is 1.45. The Labute approximate surface area is 107 Å². The quantitative estimate of drug-likeness (QED) is 0.818. The molecule has 1 aliphatic rings. The SMILES string of the molecule is CSc1cccc(OCC2CCOC2)c1CN. The van der Waals surface area contributed by atoms with E-state index in [-0.39, 0.29) is 0 Å². The van der Waals surface area contributed by atoms with Crippen molar-refractivity contribution in [2.24, 2.45) is 11.7 Å². The van der Waals surface area contributed by atoms with Crippen molar-refractivity contribution in [3.63, 3.8) is 0 Å². The number of hydrogen-bond donors (Lipinski definition) is 1. The molecule has 1 unspecified atom stereocenters. The summed E-state index contributed by atoms with van der Waals surface area (Å²) in [4.78, 5) is 1.20. The van der Waals surface area contributed by atoms with E-state index in [2.05, 4.69) is 12.3 Å². The molecule has 3 nitrogen and oxygen atoms in total. The highest BCUT2D eigenvalue weighted by atomic mass is 32.2. The van der Waals surface area contributed by atoms with Crippen LogP contribution in [0.2, 0.25) is 0 Å². The molecule has 4 heteroatoms. The van der Waals surface area contributed by atoms with Gasteiger partial charge in [-0.3, -0.25) is 0 Å². The van der Waals surface area contributed by atoms with Crippen LogP contribution in [-0.2, 0) is 11.3 Å². The highest BCUT2D eigenvalue weighted by Gasteiger charge is 2.17. The lowest BCUT2D eigenvalue weighted by atomic mass is 10.1. The lowest BCUT2D eigenvalue weighted by molar-refractivity contribution is 0.166. The molecule has 94 valence electrons. The fourth-order valence-corrected chi connectivity index (χ4v) is 2.64. The Balaban J connectivity index is 2.03. The fourth-order valence-electron chi connectivity index (χ4n) is 2.00. The summed E-state index contributed by atoms with van der Waals surface area (Å²) in [6, 6.07) is 6.10. The van der Waals surface area contributed by atoms with E-state index in [4.69, 9.17) is 15.2 Å². The minimum Gasteiger partial charge on any atom is -0.493 e. The number of nitrogens with two attached hydrogens (primary N) is 1. The summed E-state index contributed by atoms with van der Waals surface area (Å²) in [5.41, 5.74) is 6.90. The first-order chi connectivity index (χ1) is 8.35. The van der Waals surface area contributed by atoms with Crippen LogP contribution in [-0.4, -0.2) is 26.1 Å². The zero-order chi connectivity index (χ0) is 12.1. The van der Waals surface area contributed by atoms with Gasteiger partial charge in [-0.1, -0.05) is 6.07 Å². The molecule has 0 amide bonds. The predicted octanol–water partition coefficient (Wildman–Crippen LogP) is 2.28. The van der Waals surface area contributed by atoms with Crippen molar-refractivity contribution in [2.75, 3.05) is 26.1 Å². The molecular weight excluding hydrogens is 234 g/mol.